The highest BCUT2D eigenvalue weighted by Crippen LogP contribution is 2.23. The summed E-state index contributed by atoms with van der Waals surface area (Å²) in [6.45, 7) is 2.04. The summed E-state index contributed by atoms with van der Waals surface area (Å²) in [4.78, 5) is 11.5. The summed E-state index contributed by atoms with van der Waals surface area (Å²) in [5.74, 6) is -0.360. The maximum absolute atomic E-state index is 11.5. The van der Waals surface area contributed by atoms with Crippen molar-refractivity contribution in [1.29, 1.82) is 0 Å². The minimum atomic E-state index is -0.360. The average molecular weight is 268 g/mol. The van der Waals surface area contributed by atoms with Crippen LogP contribution in [0.3, 0.4) is 0 Å². The lowest BCUT2D eigenvalue weighted by molar-refractivity contribution is 0.527. The van der Waals surface area contributed by atoms with Crippen molar-refractivity contribution in [3.8, 4) is 0 Å². The monoisotopic (exact) mass is 268 g/mol. The van der Waals surface area contributed by atoms with E-state index in [9.17, 15) is 4.79 Å². The molecule has 20 heavy (non-hydrogen) atoms. The molecule has 0 saturated heterocycles. The molecule has 3 rings (SSSR count). The zero-order valence-corrected chi connectivity index (χ0v) is 11.5. The number of rotatable bonds is 2. The molecule has 4 nitrogen and oxygen atoms in total. The van der Waals surface area contributed by atoms with Crippen LogP contribution < -0.4 is 11.5 Å². The quantitative estimate of drug-likeness (QED) is 0.776. The van der Waals surface area contributed by atoms with E-state index in [1.54, 1.807) is 7.05 Å². The number of benzene rings is 2. The molecule has 1 aromatic heterocycles. The van der Waals surface area contributed by atoms with Crippen molar-refractivity contribution in [3.63, 3.8) is 0 Å². The fourth-order valence-corrected chi connectivity index (χ4v) is 2.40. The Morgan fingerprint density at radius 3 is 2.65 bits per heavy atom. The summed E-state index contributed by atoms with van der Waals surface area (Å²) in [6.07, 6.45) is 0. The average Bonchev–Trinajstić information content (AvgIpc) is 2.73. The summed E-state index contributed by atoms with van der Waals surface area (Å²) in [5, 5.41) is 0. The Kier molecular flexibility index (Phi) is 2.95. The highest BCUT2D eigenvalue weighted by molar-refractivity contribution is 5.74. The zero-order valence-electron chi connectivity index (χ0n) is 11.5. The van der Waals surface area contributed by atoms with E-state index in [1.165, 1.54) is 10.1 Å². The standard InChI is InChI=1S/C16H16N2O2/c1-10-4-3-5-11(8-10)15(17)12-6-7-13-14(9-12)20-16(19)18(13)2/h3-9,15H,17H2,1-2H3. The normalized spacial score (nSPS) is 12.8. The number of fused-ring (bicyclic) bond motifs is 1. The molecule has 0 spiro atoms. The molecule has 0 aliphatic rings. The molecule has 1 atom stereocenters. The van der Waals surface area contributed by atoms with E-state index in [0.717, 1.165) is 16.6 Å². The predicted octanol–water partition coefficient (Wildman–Crippen LogP) is 2.49. The van der Waals surface area contributed by atoms with E-state index in [4.69, 9.17) is 10.2 Å². The summed E-state index contributed by atoms with van der Waals surface area (Å²) in [6, 6.07) is 13.5. The van der Waals surface area contributed by atoms with Gasteiger partial charge in [0.15, 0.2) is 5.58 Å². The molecular formula is C16H16N2O2. The third kappa shape index (κ3) is 2.04. The molecule has 2 N–H and O–H groups in total. The lowest BCUT2D eigenvalue weighted by Crippen LogP contribution is -2.11. The van der Waals surface area contributed by atoms with Gasteiger partial charge < -0.3 is 10.2 Å². The fourth-order valence-electron chi connectivity index (χ4n) is 2.40. The van der Waals surface area contributed by atoms with Crippen LogP contribution in [0.25, 0.3) is 11.1 Å². The topological polar surface area (TPSA) is 61.2 Å². The molecule has 0 radical (unpaired) electrons. The molecule has 1 heterocycles. The molecule has 0 amide bonds. The van der Waals surface area contributed by atoms with Crippen LogP contribution in [0.2, 0.25) is 0 Å². The number of hydrogen-bond acceptors (Lipinski definition) is 3. The van der Waals surface area contributed by atoms with Crippen molar-refractivity contribution < 1.29 is 4.42 Å². The van der Waals surface area contributed by atoms with Gasteiger partial charge in [-0.15, -0.1) is 0 Å². The van der Waals surface area contributed by atoms with Gasteiger partial charge in [0, 0.05) is 7.05 Å². The number of oxazole rings is 1. The van der Waals surface area contributed by atoms with Crippen molar-refractivity contribution in [1.82, 2.24) is 4.57 Å². The number of aromatic nitrogens is 1. The number of aryl methyl sites for hydroxylation is 2. The summed E-state index contributed by atoms with van der Waals surface area (Å²) >= 11 is 0. The largest absolute Gasteiger partial charge is 0.419 e. The Hall–Kier alpha value is -2.33. The Morgan fingerprint density at radius 2 is 1.90 bits per heavy atom. The lowest BCUT2D eigenvalue weighted by atomic mass is 9.98. The predicted molar refractivity (Wildman–Crippen MR) is 78.7 cm³/mol. The lowest BCUT2D eigenvalue weighted by Gasteiger charge is -2.13. The van der Waals surface area contributed by atoms with Crippen molar-refractivity contribution >= 4 is 11.1 Å². The fraction of sp³-hybridized carbons (Fsp3) is 0.188. The van der Waals surface area contributed by atoms with Gasteiger partial charge >= 0.3 is 5.76 Å². The number of nitrogens with two attached hydrogens (primary N) is 1. The van der Waals surface area contributed by atoms with Crippen LogP contribution >= 0.6 is 0 Å². The maximum Gasteiger partial charge on any atom is 0.419 e. The van der Waals surface area contributed by atoms with Crippen LogP contribution in [-0.4, -0.2) is 4.57 Å². The summed E-state index contributed by atoms with van der Waals surface area (Å²) in [7, 11) is 1.69. The van der Waals surface area contributed by atoms with Gasteiger partial charge in [0.1, 0.15) is 0 Å². The molecule has 0 saturated carbocycles. The Balaban J connectivity index is 2.08. The van der Waals surface area contributed by atoms with Crippen LogP contribution in [0, 0.1) is 6.92 Å². The Bertz CT molecular complexity index is 830. The smallest absolute Gasteiger partial charge is 0.408 e. The molecule has 4 heteroatoms. The minimum absolute atomic E-state index is 0.232. The minimum Gasteiger partial charge on any atom is -0.408 e. The van der Waals surface area contributed by atoms with Crippen molar-refractivity contribution in [2.45, 2.75) is 13.0 Å². The van der Waals surface area contributed by atoms with Crippen LogP contribution in [0.15, 0.2) is 51.7 Å². The van der Waals surface area contributed by atoms with Crippen LogP contribution in [-0.2, 0) is 7.05 Å². The molecule has 0 bridgehead atoms. The maximum atomic E-state index is 11.5. The second-order valence-corrected chi connectivity index (χ2v) is 5.05. The first kappa shape index (κ1) is 12.7. The van der Waals surface area contributed by atoms with Crippen LogP contribution in [0.4, 0.5) is 0 Å². The molecule has 0 aliphatic heterocycles. The van der Waals surface area contributed by atoms with Gasteiger partial charge in [0.2, 0.25) is 0 Å². The highest BCUT2D eigenvalue weighted by Gasteiger charge is 2.12. The van der Waals surface area contributed by atoms with Crippen molar-refractivity contribution in [3.05, 3.63) is 69.7 Å². The van der Waals surface area contributed by atoms with Gasteiger partial charge in [-0.3, -0.25) is 4.57 Å². The van der Waals surface area contributed by atoms with Gasteiger partial charge in [-0.1, -0.05) is 35.9 Å². The summed E-state index contributed by atoms with van der Waals surface area (Å²) < 4.78 is 6.68. The zero-order chi connectivity index (χ0) is 14.3. The van der Waals surface area contributed by atoms with Gasteiger partial charge in [-0.2, -0.15) is 0 Å². The van der Waals surface area contributed by atoms with Gasteiger partial charge in [-0.05, 0) is 30.2 Å². The molecule has 2 aromatic carbocycles. The molecule has 0 aliphatic carbocycles. The Labute approximate surface area is 116 Å². The summed E-state index contributed by atoms with van der Waals surface area (Å²) in [5.41, 5.74) is 10.8. The van der Waals surface area contributed by atoms with E-state index in [0.29, 0.717) is 5.58 Å². The first-order valence-electron chi connectivity index (χ1n) is 6.48. The third-order valence-electron chi connectivity index (χ3n) is 3.58. The SMILES string of the molecule is Cc1cccc(C(N)c2ccc3c(c2)oc(=O)n3C)c1. The van der Waals surface area contributed by atoms with Gasteiger partial charge in [0.05, 0.1) is 11.6 Å². The number of nitrogens with zero attached hydrogens (tertiary/aromatic N) is 1. The van der Waals surface area contributed by atoms with Crippen LogP contribution in [0.1, 0.15) is 22.7 Å². The molecule has 1 unspecified atom stereocenters. The van der Waals surface area contributed by atoms with E-state index in [2.05, 4.69) is 6.07 Å². The van der Waals surface area contributed by atoms with Gasteiger partial charge in [0.25, 0.3) is 0 Å². The second kappa shape index (κ2) is 4.65. The van der Waals surface area contributed by atoms with E-state index < -0.39 is 0 Å². The third-order valence-corrected chi connectivity index (χ3v) is 3.58. The second-order valence-electron chi connectivity index (χ2n) is 5.05. The first-order chi connectivity index (χ1) is 9.56. The molecule has 102 valence electrons. The van der Waals surface area contributed by atoms with Crippen molar-refractivity contribution in [2.75, 3.05) is 0 Å². The molecular weight excluding hydrogens is 252 g/mol. The van der Waals surface area contributed by atoms with E-state index in [-0.39, 0.29) is 11.8 Å². The number of hydrogen-bond donors (Lipinski definition) is 1. The van der Waals surface area contributed by atoms with Crippen LogP contribution in [0.5, 0.6) is 0 Å². The van der Waals surface area contributed by atoms with Gasteiger partial charge in [-0.25, -0.2) is 4.79 Å². The first-order valence-corrected chi connectivity index (χ1v) is 6.48. The highest BCUT2D eigenvalue weighted by atomic mass is 16.4. The van der Waals surface area contributed by atoms with E-state index >= 15 is 0 Å². The molecule has 3 aromatic rings. The van der Waals surface area contributed by atoms with E-state index in [1.807, 2.05) is 43.3 Å². The molecule has 0 fully saturated rings. The van der Waals surface area contributed by atoms with Crippen molar-refractivity contribution in [2.24, 2.45) is 12.8 Å². The Morgan fingerprint density at radius 1 is 1.15 bits per heavy atom.